The van der Waals surface area contributed by atoms with Crippen molar-refractivity contribution in [1.29, 1.82) is 0 Å². The van der Waals surface area contributed by atoms with E-state index in [-0.39, 0.29) is 12.2 Å². The van der Waals surface area contributed by atoms with Gasteiger partial charge in [0.05, 0.1) is 12.2 Å². The molecule has 2 unspecified atom stereocenters. The molecular formula is C14H26O2S. The van der Waals surface area contributed by atoms with Crippen LogP contribution in [0.3, 0.4) is 0 Å². The van der Waals surface area contributed by atoms with Gasteiger partial charge in [0, 0.05) is 11.5 Å². The first-order valence-corrected chi connectivity index (χ1v) is 7.52. The smallest absolute Gasteiger partial charge is 0.0633 e. The molecule has 0 saturated carbocycles. The van der Waals surface area contributed by atoms with E-state index >= 15 is 0 Å². The van der Waals surface area contributed by atoms with Gasteiger partial charge in [-0.1, -0.05) is 24.3 Å². The molecule has 2 N–H and O–H groups in total. The van der Waals surface area contributed by atoms with Crippen LogP contribution in [0.2, 0.25) is 0 Å². The lowest BCUT2D eigenvalue weighted by molar-refractivity contribution is 0.185. The maximum atomic E-state index is 9.66. The third-order valence-electron chi connectivity index (χ3n) is 2.42. The molecule has 2 nitrogen and oxygen atoms in total. The van der Waals surface area contributed by atoms with Crippen LogP contribution < -0.4 is 0 Å². The Hall–Kier alpha value is -0.250. The van der Waals surface area contributed by atoms with Gasteiger partial charge in [0.15, 0.2) is 0 Å². The number of hydrogen-bond donors (Lipinski definition) is 2. The molecule has 0 aliphatic heterocycles. The largest absolute Gasteiger partial charge is 0.392 e. The molecule has 0 aromatic heterocycles. The summed E-state index contributed by atoms with van der Waals surface area (Å²) in [6.07, 6.45) is 11.1. The summed E-state index contributed by atoms with van der Waals surface area (Å²) in [4.78, 5) is 0. The van der Waals surface area contributed by atoms with Crippen molar-refractivity contribution in [1.82, 2.24) is 0 Å². The fourth-order valence-electron chi connectivity index (χ4n) is 1.42. The van der Waals surface area contributed by atoms with Crippen LogP contribution in [0, 0.1) is 0 Å². The predicted octanol–water partition coefficient (Wildman–Crippen LogP) is 3.15. The number of hydrogen-bond acceptors (Lipinski definition) is 3. The molecule has 0 amide bonds. The normalized spacial score (nSPS) is 15.8. The minimum absolute atomic E-state index is 0.251. The van der Waals surface area contributed by atoms with Crippen LogP contribution in [0.5, 0.6) is 0 Å². The van der Waals surface area contributed by atoms with E-state index in [0.717, 1.165) is 37.2 Å². The predicted molar refractivity (Wildman–Crippen MR) is 77.4 cm³/mol. The standard InChI is InChI=1S/C14H26O2S/c1-3-5-7-9-13(15)11-17-12-14(16)10-8-6-4-2/h3-6,13-16H,7-12H2,1-2H3. The molecule has 0 saturated heterocycles. The number of rotatable bonds is 10. The Morgan fingerprint density at radius 2 is 1.29 bits per heavy atom. The molecule has 3 heteroatoms. The lowest BCUT2D eigenvalue weighted by Crippen LogP contribution is -2.14. The molecule has 0 bridgehead atoms. The third-order valence-corrected chi connectivity index (χ3v) is 3.67. The van der Waals surface area contributed by atoms with Crippen LogP contribution in [0.25, 0.3) is 0 Å². The molecular weight excluding hydrogens is 232 g/mol. The van der Waals surface area contributed by atoms with Crippen LogP contribution in [0.1, 0.15) is 39.5 Å². The lowest BCUT2D eigenvalue weighted by atomic mass is 10.2. The van der Waals surface area contributed by atoms with E-state index in [1.807, 2.05) is 26.0 Å². The number of aliphatic hydroxyl groups excluding tert-OH is 2. The molecule has 0 heterocycles. The Kier molecular flexibility index (Phi) is 12.0. The molecule has 0 spiro atoms. The zero-order valence-corrected chi connectivity index (χ0v) is 11.8. The van der Waals surface area contributed by atoms with Gasteiger partial charge < -0.3 is 10.2 Å². The summed E-state index contributed by atoms with van der Waals surface area (Å²) in [5, 5.41) is 19.3. The maximum absolute atomic E-state index is 9.66. The first-order valence-electron chi connectivity index (χ1n) is 6.36. The van der Waals surface area contributed by atoms with Crippen molar-refractivity contribution >= 4 is 11.8 Å². The zero-order chi connectivity index (χ0) is 12.9. The monoisotopic (exact) mass is 258 g/mol. The Labute approximate surface area is 110 Å². The highest BCUT2D eigenvalue weighted by molar-refractivity contribution is 7.99. The molecule has 17 heavy (non-hydrogen) atoms. The van der Waals surface area contributed by atoms with Crippen molar-refractivity contribution in [3.8, 4) is 0 Å². The van der Waals surface area contributed by atoms with Gasteiger partial charge in [-0.15, -0.1) is 0 Å². The van der Waals surface area contributed by atoms with Crippen molar-refractivity contribution in [3.63, 3.8) is 0 Å². The van der Waals surface area contributed by atoms with Crippen LogP contribution in [-0.2, 0) is 0 Å². The minimum atomic E-state index is -0.251. The van der Waals surface area contributed by atoms with Crippen molar-refractivity contribution < 1.29 is 10.2 Å². The Bertz CT molecular complexity index is 192. The molecule has 2 atom stereocenters. The van der Waals surface area contributed by atoms with Gasteiger partial charge in [-0.3, -0.25) is 0 Å². The Morgan fingerprint density at radius 1 is 0.882 bits per heavy atom. The summed E-state index contributed by atoms with van der Waals surface area (Å²) >= 11 is 1.64. The molecule has 0 aliphatic rings. The molecule has 0 radical (unpaired) electrons. The average Bonchev–Trinajstić information content (AvgIpc) is 2.30. The van der Waals surface area contributed by atoms with Crippen LogP contribution in [-0.4, -0.2) is 33.9 Å². The van der Waals surface area contributed by atoms with Crippen LogP contribution in [0.15, 0.2) is 24.3 Å². The van der Waals surface area contributed by atoms with Crippen molar-refractivity contribution in [2.75, 3.05) is 11.5 Å². The number of aliphatic hydroxyl groups is 2. The van der Waals surface area contributed by atoms with Crippen LogP contribution in [0.4, 0.5) is 0 Å². The van der Waals surface area contributed by atoms with Gasteiger partial charge in [0.25, 0.3) is 0 Å². The van der Waals surface area contributed by atoms with E-state index in [2.05, 4.69) is 12.2 Å². The van der Waals surface area contributed by atoms with E-state index in [1.165, 1.54) is 0 Å². The van der Waals surface area contributed by atoms with E-state index in [9.17, 15) is 10.2 Å². The molecule has 100 valence electrons. The minimum Gasteiger partial charge on any atom is -0.392 e. The van der Waals surface area contributed by atoms with E-state index in [0.29, 0.717) is 0 Å². The number of allylic oxidation sites excluding steroid dienone is 4. The van der Waals surface area contributed by atoms with Gasteiger partial charge in [-0.05, 0) is 39.5 Å². The van der Waals surface area contributed by atoms with Gasteiger partial charge in [-0.25, -0.2) is 0 Å². The second kappa shape index (κ2) is 12.2. The van der Waals surface area contributed by atoms with E-state index in [1.54, 1.807) is 11.8 Å². The van der Waals surface area contributed by atoms with Gasteiger partial charge in [0.2, 0.25) is 0 Å². The lowest BCUT2D eigenvalue weighted by Gasteiger charge is -2.11. The molecule has 0 aliphatic carbocycles. The van der Waals surface area contributed by atoms with Crippen molar-refractivity contribution in [3.05, 3.63) is 24.3 Å². The summed E-state index contributed by atoms with van der Waals surface area (Å²) in [7, 11) is 0. The summed E-state index contributed by atoms with van der Waals surface area (Å²) in [5.41, 5.74) is 0. The zero-order valence-electron chi connectivity index (χ0n) is 11.0. The SMILES string of the molecule is CC=CCCC(O)CSCC(O)CCC=CC. The first kappa shape index (κ1) is 16.8. The molecule has 0 rings (SSSR count). The third kappa shape index (κ3) is 12.0. The molecule has 0 fully saturated rings. The van der Waals surface area contributed by atoms with E-state index in [4.69, 9.17) is 0 Å². The quantitative estimate of drug-likeness (QED) is 0.591. The van der Waals surface area contributed by atoms with Crippen molar-refractivity contribution in [2.45, 2.75) is 51.7 Å². The second-order valence-electron chi connectivity index (χ2n) is 4.14. The first-order chi connectivity index (χ1) is 8.20. The highest BCUT2D eigenvalue weighted by Crippen LogP contribution is 2.11. The van der Waals surface area contributed by atoms with Gasteiger partial charge in [0.1, 0.15) is 0 Å². The summed E-state index contributed by atoms with van der Waals surface area (Å²) in [6.45, 7) is 3.98. The maximum Gasteiger partial charge on any atom is 0.0633 e. The highest BCUT2D eigenvalue weighted by Gasteiger charge is 2.06. The summed E-state index contributed by atoms with van der Waals surface area (Å²) in [6, 6.07) is 0. The van der Waals surface area contributed by atoms with Gasteiger partial charge >= 0.3 is 0 Å². The topological polar surface area (TPSA) is 40.5 Å². The highest BCUT2D eigenvalue weighted by atomic mass is 32.2. The van der Waals surface area contributed by atoms with Gasteiger partial charge in [-0.2, -0.15) is 11.8 Å². The average molecular weight is 258 g/mol. The van der Waals surface area contributed by atoms with E-state index < -0.39 is 0 Å². The number of thioether (sulfide) groups is 1. The fraction of sp³-hybridized carbons (Fsp3) is 0.714. The Balaban J connectivity index is 3.41. The second-order valence-corrected chi connectivity index (χ2v) is 5.21. The van der Waals surface area contributed by atoms with Crippen molar-refractivity contribution in [2.24, 2.45) is 0 Å². The summed E-state index contributed by atoms with van der Waals surface area (Å²) in [5.74, 6) is 1.44. The molecule has 0 aromatic carbocycles. The van der Waals surface area contributed by atoms with Crippen LogP contribution >= 0.6 is 11.8 Å². The Morgan fingerprint density at radius 3 is 1.65 bits per heavy atom. The molecule has 0 aromatic rings. The summed E-state index contributed by atoms with van der Waals surface area (Å²) < 4.78 is 0. The fourth-order valence-corrected chi connectivity index (χ4v) is 2.43.